The number of rotatable bonds is 6. The predicted molar refractivity (Wildman–Crippen MR) is 114 cm³/mol. The third-order valence-corrected chi connectivity index (χ3v) is 4.42. The largest absolute Gasteiger partial charge is 0.497 e. The van der Waals surface area contributed by atoms with Crippen LogP contribution in [-0.2, 0) is 16.0 Å². The van der Waals surface area contributed by atoms with E-state index in [1.807, 2.05) is 42.5 Å². The summed E-state index contributed by atoms with van der Waals surface area (Å²) in [6, 6.07) is 23.4. The van der Waals surface area contributed by atoms with Gasteiger partial charge in [-0.15, -0.1) is 0 Å². The van der Waals surface area contributed by atoms with Gasteiger partial charge >= 0.3 is 11.8 Å². The molecule has 0 aliphatic heterocycles. The van der Waals surface area contributed by atoms with E-state index in [1.54, 1.807) is 43.5 Å². The minimum absolute atomic E-state index is 0.348. The number of benzene rings is 3. The van der Waals surface area contributed by atoms with Crippen molar-refractivity contribution in [2.45, 2.75) is 6.42 Å². The highest BCUT2D eigenvalue weighted by Crippen LogP contribution is 2.26. The molecule has 0 fully saturated rings. The summed E-state index contributed by atoms with van der Waals surface area (Å²) in [7, 11) is 1.61. The summed E-state index contributed by atoms with van der Waals surface area (Å²) in [5.41, 5.74) is 8.54. The average molecular weight is 389 g/mol. The van der Waals surface area contributed by atoms with Gasteiger partial charge in [0.25, 0.3) is 0 Å². The lowest BCUT2D eigenvalue weighted by molar-refractivity contribution is -0.137. The van der Waals surface area contributed by atoms with Crippen LogP contribution < -0.4 is 20.7 Å². The number of ether oxygens (including phenoxy) is 1. The van der Waals surface area contributed by atoms with E-state index in [-0.39, 0.29) is 0 Å². The molecule has 0 atom stereocenters. The standard InChI is InChI=1S/C23H23N3O3/c1-29-21-13-7-17(8-14-21)15-16-25-22(27)23(28)26(19-5-3-2-4-6-19)20-11-9-18(24)10-12-20/h2-14H,15-16,24H2,1H3,(H,25,27). The lowest BCUT2D eigenvalue weighted by Crippen LogP contribution is -2.41. The number of hydrogen-bond acceptors (Lipinski definition) is 4. The Balaban J connectivity index is 1.69. The van der Waals surface area contributed by atoms with E-state index in [4.69, 9.17) is 10.5 Å². The number of carbonyl (C=O) groups is 2. The fourth-order valence-electron chi connectivity index (χ4n) is 2.87. The summed E-state index contributed by atoms with van der Waals surface area (Å²) < 4.78 is 5.13. The van der Waals surface area contributed by atoms with Crippen LogP contribution in [-0.4, -0.2) is 25.5 Å². The molecule has 0 aromatic heterocycles. The third kappa shape index (κ3) is 5.13. The van der Waals surface area contributed by atoms with Gasteiger partial charge in [0, 0.05) is 23.6 Å². The molecular weight excluding hydrogens is 366 g/mol. The van der Waals surface area contributed by atoms with Crippen molar-refractivity contribution in [2.24, 2.45) is 0 Å². The highest BCUT2D eigenvalue weighted by Gasteiger charge is 2.24. The molecule has 0 spiro atoms. The monoisotopic (exact) mass is 389 g/mol. The molecule has 3 N–H and O–H groups in total. The smallest absolute Gasteiger partial charge is 0.320 e. The Labute approximate surface area is 169 Å². The lowest BCUT2D eigenvalue weighted by atomic mass is 10.1. The first kappa shape index (κ1) is 19.9. The van der Waals surface area contributed by atoms with Gasteiger partial charge in [-0.25, -0.2) is 0 Å². The van der Waals surface area contributed by atoms with Gasteiger partial charge in [0.1, 0.15) is 5.75 Å². The molecule has 0 unspecified atom stereocenters. The molecule has 0 radical (unpaired) electrons. The second-order valence-electron chi connectivity index (χ2n) is 6.42. The number of nitrogens with two attached hydrogens (primary N) is 1. The minimum Gasteiger partial charge on any atom is -0.497 e. The zero-order valence-corrected chi connectivity index (χ0v) is 16.2. The van der Waals surface area contributed by atoms with Crippen molar-refractivity contribution in [2.75, 3.05) is 24.3 Å². The molecule has 3 aromatic carbocycles. The Morgan fingerprint density at radius 3 is 2.14 bits per heavy atom. The molecule has 0 saturated carbocycles. The van der Waals surface area contributed by atoms with E-state index in [2.05, 4.69) is 5.32 Å². The van der Waals surface area contributed by atoms with E-state index in [1.165, 1.54) is 4.90 Å². The number of nitrogens with one attached hydrogen (secondary N) is 1. The van der Waals surface area contributed by atoms with Crippen LogP contribution in [0.1, 0.15) is 5.56 Å². The fraction of sp³-hybridized carbons (Fsp3) is 0.130. The van der Waals surface area contributed by atoms with Gasteiger partial charge in [-0.3, -0.25) is 14.5 Å². The van der Waals surface area contributed by atoms with Gasteiger partial charge in [0.2, 0.25) is 0 Å². The SMILES string of the molecule is COc1ccc(CCNC(=O)C(=O)N(c2ccccc2)c2ccc(N)cc2)cc1. The Morgan fingerprint density at radius 2 is 1.52 bits per heavy atom. The van der Waals surface area contributed by atoms with Crippen molar-refractivity contribution in [1.29, 1.82) is 0 Å². The van der Waals surface area contributed by atoms with E-state index in [9.17, 15) is 9.59 Å². The van der Waals surface area contributed by atoms with Crippen molar-refractivity contribution in [3.05, 3.63) is 84.4 Å². The minimum atomic E-state index is -0.667. The highest BCUT2D eigenvalue weighted by molar-refractivity contribution is 6.42. The quantitative estimate of drug-likeness (QED) is 0.500. The Kier molecular flexibility index (Phi) is 6.47. The maximum Gasteiger partial charge on any atom is 0.320 e. The molecule has 29 heavy (non-hydrogen) atoms. The first-order valence-corrected chi connectivity index (χ1v) is 9.24. The second kappa shape index (κ2) is 9.41. The molecule has 0 bridgehead atoms. The summed E-state index contributed by atoms with van der Waals surface area (Å²) in [5, 5.41) is 2.70. The van der Waals surface area contributed by atoms with Crippen molar-refractivity contribution in [3.63, 3.8) is 0 Å². The van der Waals surface area contributed by atoms with Crippen LogP contribution in [0.3, 0.4) is 0 Å². The molecule has 6 nitrogen and oxygen atoms in total. The molecule has 0 aliphatic rings. The van der Waals surface area contributed by atoms with Gasteiger partial charge in [0.05, 0.1) is 7.11 Å². The highest BCUT2D eigenvalue weighted by atomic mass is 16.5. The maximum absolute atomic E-state index is 12.9. The molecular formula is C23H23N3O3. The van der Waals surface area contributed by atoms with Crippen LogP contribution in [0.5, 0.6) is 5.75 Å². The summed E-state index contributed by atoms with van der Waals surface area (Å²) in [6.07, 6.45) is 0.607. The maximum atomic E-state index is 12.9. The molecule has 0 heterocycles. The van der Waals surface area contributed by atoms with E-state index >= 15 is 0 Å². The van der Waals surface area contributed by atoms with Crippen LogP contribution >= 0.6 is 0 Å². The number of nitrogen functional groups attached to an aromatic ring is 1. The van der Waals surface area contributed by atoms with E-state index in [0.29, 0.717) is 30.0 Å². The summed E-state index contributed by atoms with van der Waals surface area (Å²) in [4.78, 5) is 26.8. The molecule has 3 aromatic rings. The van der Waals surface area contributed by atoms with Crippen molar-refractivity contribution < 1.29 is 14.3 Å². The summed E-state index contributed by atoms with van der Waals surface area (Å²) in [5.74, 6) is -0.551. The third-order valence-electron chi connectivity index (χ3n) is 4.42. The predicted octanol–water partition coefficient (Wildman–Crippen LogP) is 3.30. The van der Waals surface area contributed by atoms with Gasteiger partial charge < -0.3 is 15.8 Å². The van der Waals surface area contributed by atoms with Crippen LogP contribution in [0.2, 0.25) is 0 Å². The average Bonchev–Trinajstić information content (AvgIpc) is 2.76. The van der Waals surface area contributed by atoms with Crippen LogP contribution in [0.15, 0.2) is 78.9 Å². The topological polar surface area (TPSA) is 84.7 Å². The van der Waals surface area contributed by atoms with Gasteiger partial charge in [-0.05, 0) is 60.5 Å². The Hall–Kier alpha value is -3.80. The number of para-hydroxylation sites is 1. The molecule has 0 saturated heterocycles. The Bertz CT molecular complexity index is 955. The fourth-order valence-corrected chi connectivity index (χ4v) is 2.87. The van der Waals surface area contributed by atoms with Crippen LogP contribution in [0, 0.1) is 0 Å². The van der Waals surface area contributed by atoms with Gasteiger partial charge in [-0.2, -0.15) is 0 Å². The molecule has 0 aliphatic carbocycles. The first-order valence-electron chi connectivity index (χ1n) is 9.24. The van der Waals surface area contributed by atoms with E-state index < -0.39 is 11.8 Å². The molecule has 148 valence electrons. The van der Waals surface area contributed by atoms with Gasteiger partial charge in [0.15, 0.2) is 0 Å². The normalized spacial score (nSPS) is 10.2. The van der Waals surface area contributed by atoms with Crippen LogP contribution in [0.4, 0.5) is 17.1 Å². The van der Waals surface area contributed by atoms with E-state index in [0.717, 1.165) is 11.3 Å². The number of amides is 2. The molecule has 2 amide bonds. The van der Waals surface area contributed by atoms with Crippen LogP contribution in [0.25, 0.3) is 0 Å². The molecule has 3 rings (SSSR count). The van der Waals surface area contributed by atoms with Crippen molar-refractivity contribution >= 4 is 28.9 Å². The number of hydrogen-bond donors (Lipinski definition) is 2. The number of anilines is 3. The van der Waals surface area contributed by atoms with Crippen molar-refractivity contribution in [1.82, 2.24) is 5.32 Å². The summed E-state index contributed by atoms with van der Waals surface area (Å²) >= 11 is 0. The Morgan fingerprint density at radius 1 is 0.897 bits per heavy atom. The van der Waals surface area contributed by atoms with Crippen molar-refractivity contribution in [3.8, 4) is 5.75 Å². The number of methoxy groups -OCH3 is 1. The lowest BCUT2D eigenvalue weighted by Gasteiger charge is -2.22. The summed E-state index contributed by atoms with van der Waals surface area (Å²) in [6.45, 7) is 0.348. The second-order valence-corrected chi connectivity index (χ2v) is 6.42. The number of nitrogens with zero attached hydrogens (tertiary/aromatic N) is 1. The number of carbonyl (C=O) groups excluding carboxylic acids is 2. The van der Waals surface area contributed by atoms with Gasteiger partial charge in [-0.1, -0.05) is 30.3 Å². The first-order chi connectivity index (χ1) is 14.1. The molecule has 6 heteroatoms. The zero-order chi connectivity index (χ0) is 20.6. The zero-order valence-electron chi connectivity index (χ0n) is 16.2.